The molecule has 34 heavy (non-hydrogen) atoms. The summed E-state index contributed by atoms with van der Waals surface area (Å²) >= 11 is 0. The van der Waals surface area contributed by atoms with Crippen molar-refractivity contribution in [2.24, 2.45) is 5.92 Å². The Morgan fingerprint density at radius 2 is 1.79 bits per heavy atom. The number of benzene rings is 3. The van der Waals surface area contributed by atoms with Gasteiger partial charge in [0.2, 0.25) is 0 Å². The Labute approximate surface area is 198 Å². The maximum atomic E-state index is 13.2. The molecule has 0 saturated heterocycles. The van der Waals surface area contributed by atoms with Gasteiger partial charge in [-0.1, -0.05) is 36.4 Å². The predicted octanol–water partition coefficient (Wildman–Crippen LogP) is 5.84. The Morgan fingerprint density at radius 1 is 1.03 bits per heavy atom. The van der Waals surface area contributed by atoms with Crippen molar-refractivity contribution in [3.63, 3.8) is 0 Å². The number of hydrogen-bond acceptors (Lipinski definition) is 5. The average molecular weight is 476 g/mol. The van der Waals surface area contributed by atoms with Crippen molar-refractivity contribution in [1.82, 2.24) is 0 Å². The Bertz CT molecular complexity index is 1410. The molecule has 1 aliphatic carbocycles. The summed E-state index contributed by atoms with van der Waals surface area (Å²) in [6.07, 6.45) is 5.10. The summed E-state index contributed by atoms with van der Waals surface area (Å²) in [5.74, 6) is 0.256. The monoisotopic (exact) mass is 475 g/mol. The van der Waals surface area contributed by atoms with E-state index in [0.717, 1.165) is 34.4 Å². The SMILES string of the molecule is Cc1ccc(C)c(NS(=O)(=O)c2ccc3c(c2)[C@H]2C=CC[C@H]2[C@@H](c2ccc([N+](=O)[O-])cc2)N3)c1. The molecule has 0 saturated carbocycles. The van der Waals surface area contributed by atoms with Crippen molar-refractivity contribution < 1.29 is 13.3 Å². The molecule has 3 aromatic carbocycles. The van der Waals surface area contributed by atoms with Crippen molar-refractivity contribution in [2.75, 3.05) is 10.0 Å². The van der Waals surface area contributed by atoms with Crippen LogP contribution in [0.15, 0.2) is 77.7 Å². The number of allylic oxidation sites excluding steroid dienone is 2. The molecule has 2 aliphatic rings. The number of hydrogen-bond donors (Lipinski definition) is 2. The number of rotatable bonds is 5. The van der Waals surface area contributed by atoms with E-state index in [0.29, 0.717) is 5.69 Å². The van der Waals surface area contributed by atoms with Gasteiger partial charge in [0.25, 0.3) is 15.7 Å². The summed E-state index contributed by atoms with van der Waals surface area (Å²) in [5, 5.41) is 14.6. The summed E-state index contributed by atoms with van der Waals surface area (Å²) in [5.41, 5.74) is 5.28. The van der Waals surface area contributed by atoms with Crippen LogP contribution in [0, 0.1) is 29.9 Å². The van der Waals surface area contributed by atoms with E-state index in [1.807, 2.05) is 38.1 Å². The maximum Gasteiger partial charge on any atom is 0.269 e. The van der Waals surface area contributed by atoms with Crippen LogP contribution in [-0.2, 0) is 10.0 Å². The number of nitro benzene ring substituents is 1. The number of nitro groups is 1. The lowest BCUT2D eigenvalue weighted by Crippen LogP contribution is -2.29. The second kappa shape index (κ2) is 8.29. The van der Waals surface area contributed by atoms with Crippen molar-refractivity contribution in [3.05, 3.63) is 105 Å². The minimum absolute atomic E-state index is 0.0242. The fourth-order valence-electron chi connectivity index (χ4n) is 4.92. The van der Waals surface area contributed by atoms with E-state index >= 15 is 0 Å². The second-order valence-electron chi connectivity index (χ2n) is 9.00. The van der Waals surface area contributed by atoms with Crippen LogP contribution in [0.5, 0.6) is 0 Å². The smallest absolute Gasteiger partial charge is 0.269 e. The van der Waals surface area contributed by atoms with E-state index < -0.39 is 14.9 Å². The molecule has 0 bridgehead atoms. The molecule has 8 heteroatoms. The Balaban J connectivity index is 1.47. The molecule has 1 heterocycles. The molecule has 174 valence electrons. The molecule has 0 amide bonds. The Hall–Kier alpha value is -3.65. The molecule has 0 unspecified atom stereocenters. The third-order valence-electron chi connectivity index (χ3n) is 6.74. The van der Waals surface area contributed by atoms with Gasteiger partial charge in [0.1, 0.15) is 0 Å². The van der Waals surface area contributed by atoms with E-state index in [-0.39, 0.29) is 28.5 Å². The third kappa shape index (κ3) is 3.94. The highest BCUT2D eigenvalue weighted by Crippen LogP contribution is 2.50. The van der Waals surface area contributed by atoms with Crippen LogP contribution in [0.1, 0.15) is 40.6 Å². The largest absolute Gasteiger partial charge is 0.378 e. The van der Waals surface area contributed by atoms with Gasteiger partial charge in [0.15, 0.2) is 0 Å². The molecule has 7 nitrogen and oxygen atoms in total. The fraction of sp³-hybridized carbons (Fsp3) is 0.231. The van der Waals surface area contributed by atoms with E-state index in [1.54, 1.807) is 24.3 Å². The first kappa shape index (κ1) is 22.2. The van der Waals surface area contributed by atoms with Crippen LogP contribution in [0.25, 0.3) is 0 Å². The van der Waals surface area contributed by atoms with Crippen LogP contribution >= 0.6 is 0 Å². The van der Waals surface area contributed by atoms with Crippen molar-refractivity contribution in [1.29, 1.82) is 0 Å². The van der Waals surface area contributed by atoms with Crippen LogP contribution in [0.3, 0.4) is 0 Å². The maximum absolute atomic E-state index is 13.2. The van der Waals surface area contributed by atoms with Crippen LogP contribution < -0.4 is 10.0 Å². The number of nitrogens with one attached hydrogen (secondary N) is 2. The molecule has 3 atom stereocenters. The zero-order chi connectivity index (χ0) is 24.0. The first-order chi connectivity index (χ1) is 16.2. The van der Waals surface area contributed by atoms with Gasteiger partial charge in [-0.25, -0.2) is 8.42 Å². The normalized spacial score (nSPS) is 20.8. The van der Waals surface area contributed by atoms with E-state index in [1.165, 1.54) is 12.1 Å². The fourth-order valence-corrected chi connectivity index (χ4v) is 6.08. The standard InChI is InChI=1S/C26H25N3O4S/c1-16-6-7-17(2)25(14-16)28-34(32,33)20-12-13-24-23(15-20)21-4-3-5-22(21)26(27-24)18-8-10-19(11-9-18)29(30)31/h3-4,6-15,21-22,26-28H,5H2,1-2H3/t21-,22+,26+/m0/s1. The highest BCUT2D eigenvalue weighted by molar-refractivity contribution is 7.92. The van der Waals surface area contributed by atoms with E-state index in [9.17, 15) is 18.5 Å². The number of fused-ring (bicyclic) bond motifs is 3. The van der Waals surface area contributed by atoms with Gasteiger partial charge >= 0.3 is 0 Å². The van der Waals surface area contributed by atoms with Gasteiger partial charge in [-0.15, -0.1) is 0 Å². The summed E-state index contributed by atoms with van der Waals surface area (Å²) in [6.45, 7) is 3.80. The van der Waals surface area contributed by atoms with Gasteiger partial charge < -0.3 is 5.32 Å². The summed E-state index contributed by atoms with van der Waals surface area (Å²) in [6, 6.07) is 17.5. The second-order valence-corrected chi connectivity index (χ2v) is 10.7. The number of nitrogens with zero attached hydrogens (tertiary/aromatic N) is 1. The van der Waals surface area contributed by atoms with Crippen molar-refractivity contribution >= 4 is 27.1 Å². The molecule has 0 spiro atoms. The topological polar surface area (TPSA) is 101 Å². The zero-order valence-corrected chi connectivity index (χ0v) is 19.7. The zero-order valence-electron chi connectivity index (χ0n) is 18.9. The third-order valence-corrected chi connectivity index (χ3v) is 8.11. The minimum atomic E-state index is -3.76. The quantitative estimate of drug-likeness (QED) is 0.274. The van der Waals surface area contributed by atoms with Gasteiger partial charge in [0, 0.05) is 23.7 Å². The average Bonchev–Trinajstić information content (AvgIpc) is 3.31. The van der Waals surface area contributed by atoms with E-state index in [2.05, 4.69) is 22.2 Å². The molecular formula is C26H25N3O4S. The van der Waals surface area contributed by atoms with Crippen molar-refractivity contribution in [2.45, 2.75) is 37.1 Å². The summed E-state index contributed by atoms with van der Waals surface area (Å²) in [7, 11) is -3.76. The van der Waals surface area contributed by atoms with Gasteiger partial charge in [0.05, 0.1) is 21.5 Å². The molecule has 1 aliphatic heterocycles. The molecule has 3 aromatic rings. The summed E-state index contributed by atoms with van der Waals surface area (Å²) in [4.78, 5) is 10.8. The Kier molecular flexibility index (Phi) is 5.40. The molecular weight excluding hydrogens is 450 g/mol. The lowest BCUT2D eigenvalue weighted by atomic mass is 9.77. The molecule has 2 N–H and O–H groups in total. The number of sulfonamides is 1. The van der Waals surface area contributed by atoms with Gasteiger partial charge in [-0.3, -0.25) is 14.8 Å². The van der Waals surface area contributed by atoms with E-state index in [4.69, 9.17) is 0 Å². The molecule has 0 radical (unpaired) electrons. The predicted molar refractivity (Wildman–Crippen MR) is 133 cm³/mol. The van der Waals surface area contributed by atoms with Crippen LogP contribution in [0.4, 0.5) is 17.1 Å². The minimum Gasteiger partial charge on any atom is -0.378 e. The number of anilines is 2. The van der Waals surface area contributed by atoms with Crippen molar-refractivity contribution in [3.8, 4) is 0 Å². The molecule has 0 aromatic heterocycles. The lowest BCUT2D eigenvalue weighted by molar-refractivity contribution is -0.384. The van der Waals surface area contributed by atoms with Gasteiger partial charge in [-0.05, 0) is 72.7 Å². The lowest BCUT2D eigenvalue weighted by Gasteiger charge is -2.37. The number of non-ortho nitro benzene ring substituents is 1. The molecule has 0 fully saturated rings. The first-order valence-electron chi connectivity index (χ1n) is 11.1. The Morgan fingerprint density at radius 3 is 2.53 bits per heavy atom. The first-order valence-corrected chi connectivity index (χ1v) is 12.6. The highest BCUT2D eigenvalue weighted by atomic mass is 32.2. The number of aryl methyl sites for hydroxylation is 2. The van der Waals surface area contributed by atoms with Gasteiger partial charge in [-0.2, -0.15) is 0 Å². The highest BCUT2D eigenvalue weighted by Gasteiger charge is 2.38. The summed E-state index contributed by atoms with van der Waals surface area (Å²) < 4.78 is 29.2. The van der Waals surface area contributed by atoms with Crippen LogP contribution in [0.2, 0.25) is 0 Å². The molecule has 5 rings (SSSR count). The van der Waals surface area contributed by atoms with Crippen LogP contribution in [-0.4, -0.2) is 13.3 Å².